The molecular formula is C36H30N4. The van der Waals surface area contributed by atoms with Gasteiger partial charge in [0.1, 0.15) is 0 Å². The lowest BCUT2D eigenvalue weighted by Crippen LogP contribution is -2.55. The summed E-state index contributed by atoms with van der Waals surface area (Å²) in [6.07, 6.45) is 8.91. The molecule has 5 aromatic rings. The molecule has 1 spiro atoms. The van der Waals surface area contributed by atoms with Gasteiger partial charge in [-0.05, 0) is 79.0 Å². The number of pyridine rings is 1. The maximum absolute atomic E-state index is 5.02. The highest BCUT2D eigenvalue weighted by molar-refractivity contribution is 5.82. The van der Waals surface area contributed by atoms with Gasteiger partial charge >= 0.3 is 0 Å². The Morgan fingerprint density at radius 3 is 1.70 bits per heavy atom. The first-order chi connectivity index (χ1) is 19.8. The molecule has 0 aliphatic heterocycles. The molecule has 4 nitrogen and oxygen atoms in total. The first kappa shape index (κ1) is 22.6. The lowest BCUT2D eigenvalue weighted by atomic mass is 9.43. The highest BCUT2D eigenvalue weighted by Crippen LogP contribution is 2.69. The molecule has 2 aromatic heterocycles. The van der Waals surface area contributed by atoms with Crippen molar-refractivity contribution in [3.05, 3.63) is 108 Å². The lowest BCUT2D eigenvalue weighted by Gasteiger charge is -2.61. The van der Waals surface area contributed by atoms with Crippen LogP contribution in [0.4, 0.5) is 0 Å². The van der Waals surface area contributed by atoms with E-state index in [1.165, 1.54) is 54.5 Å². The maximum atomic E-state index is 5.02. The van der Waals surface area contributed by atoms with E-state index in [0.29, 0.717) is 17.5 Å². The van der Waals surface area contributed by atoms with Gasteiger partial charge in [0.25, 0.3) is 0 Å². The minimum absolute atomic E-state index is 0.119. The SMILES string of the molecule is c1ccc(-c2nc(-c3ccccc3)nc(-c3ccc4c(c3)-c3ncccc3C43C4CC5CC(C4)CC3C5)n2)cc1. The van der Waals surface area contributed by atoms with Gasteiger partial charge in [0.05, 0.1) is 5.69 Å². The zero-order chi connectivity index (χ0) is 26.3. The van der Waals surface area contributed by atoms with E-state index in [0.717, 1.165) is 40.4 Å². The molecule has 0 unspecified atom stereocenters. The highest BCUT2D eigenvalue weighted by atomic mass is 15.0. The molecule has 4 heteroatoms. The van der Waals surface area contributed by atoms with Crippen LogP contribution in [0.2, 0.25) is 0 Å². The summed E-state index contributed by atoms with van der Waals surface area (Å²) in [4.78, 5) is 19.9. The van der Waals surface area contributed by atoms with Crippen LogP contribution in [0, 0.1) is 23.7 Å². The maximum Gasteiger partial charge on any atom is 0.164 e. The van der Waals surface area contributed by atoms with Crippen molar-refractivity contribution >= 4 is 0 Å². The van der Waals surface area contributed by atoms with E-state index in [1.54, 1.807) is 0 Å². The molecule has 0 radical (unpaired) electrons. The Bertz CT molecular complexity index is 1680. The van der Waals surface area contributed by atoms with Crippen molar-refractivity contribution < 1.29 is 0 Å². The summed E-state index contributed by atoms with van der Waals surface area (Å²) >= 11 is 0. The number of fused-ring (bicyclic) bond motifs is 3. The smallest absolute Gasteiger partial charge is 0.164 e. The van der Waals surface area contributed by atoms with Crippen LogP contribution < -0.4 is 0 Å². The molecule has 0 saturated heterocycles. The quantitative estimate of drug-likeness (QED) is 0.243. The van der Waals surface area contributed by atoms with Gasteiger partial charge in [-0.3, -0.25) is 4.98 Å². The van der Waals surface area contributed by atoms with Crippen LogP contribution in [-0.2, 0) is 5.41 Å². The fourth-order valence-electron chi connectivity index (χ4n) is 9.08. The molecule has 4 fully saturated rings. The molecule has 5 aliphatic carbocycles. The van der Waals surface area contributed by atoms with Crippen molar-refractivity contribution in [3.8, 4) is 45.4 Å². The van der Waals surface area contributed by atoms with Crippen LogP contribution in [0.5, 0.6) is 0 Å². The predicted octanol–water partition coefficient (Wildman–Crippen LogP) is 7.99. The van der Waals surface area contributed by atoms with Crippen molar-refractivity contribution in [2.45, 2.75) is 37.5 Å². The molecule has 10 rings (SSSR count). The van der Waals surface area contributed by atoms with Gasteiger partial charge in [0, 0.05) is 33.9 Å². The number of aromatic nitrogens is 4. The van der Waals surface area contributed by atoms with Crippen LogP contribution >= 0.6 is 0 Å². The van der Waals surface area contributed by atoms with Gasteiger partial charge in [-0.15, -0.1) is 0 Å². The first-order valence-corrected chi connectivity index (χ1v) is 14.7. The van der Waals surface area contributed by atoms with E-state index in [-0.39, 0.29) is 5.41 Å². The van der Waals surface area contributed by atoms with E-state index in [1.807, 2.05) is 42.6 Å². The van der Waals surface area contributed by atoms with Crippen molar-refractivity contribution in [1.82, 2.24) is 19.9 Å². The van der Waals surface area contributed by atoms with Crippen LogP contribution in [0.1, 0.15) is 43.2 Å². The molecular weight excluding hydrogens is 488 g/mol. The normalized spacial score (nSPS) is 27.1. The van der Waals surface area contributed by atoms with Crippen LogP contribution in [-0.4, -0.2) is 19.9 Å². The third kappa shape index (κ3) is 3.13. The molecule has 0 amide bonds. The minimum atomic E-state index is 0.119. The molecule has 2 heterocycles. The minimum Gasteiger partial charge on any atom is -0.256 e. The Kier molecular flexibility index (Phi) is 4.75. The van der Waals surface area contributed by atoms with E-state index in [4.69, 9.17) is 19.9 Å². The Hall–Kier alpha value is -4.18. The molecule has 3 aromatic carbocycles. The third-order valence-corrected chi connectivity index (χ3v) is 10.4. The van der Waals surface area contributed by atoms with E-state index in [2.05, 4.69) is 54.6 Å². The van der Waals surface area contributed by atoms with Crippen LogP contribution in [0.15, 0.2) is 97.2 Å². The predicted molar refractivity (Wildman–Crippen MR) is 157 cm³/mol. The first-order valence-electron chi connectivity index (χ1n) is 14.7. The summed E-state index contributed by atoms with van der Waals surface area (Å²) in [6, 6.07) is 31.9. The molecule has 4 saturated carbocycles. The van der Waals surface area contributed by atoms with Crippen molar-refractivity contribution in [1.29, 1.82) is 0 Å². The largest absolute Gasteiger partial charge is 0.256 e. The van der Waals surface area contributed by atoms with Crippen molar-refractivity contribution in [3.63, 3.8) is 0 Å². The number of rotatable bonds is 3. The summed E-state index contributed by atoms with van der Waals surface area (Å²) in [5.74, 6) is 5.40. The molecule has 194 valence electrons. The number of benzene rings is 3. The summed E-state index contributed by atoms with van der Waals surface area (Å²) in [6.45, 7) is 0. The van der Waals surface area contributed by atoms with Gasteiger partial charge in [-0.2, -0.15) is 0 Å². The monoisotopic (exact) mass is 518 g/mol. The second kappa shape index (κ2) is 8.41. The van der Waals surface area contributed by atoms with Gasteiger partial charge in [-0.1, -0.05) is 78.9 Å². The average Bonchev–Trinajstić information content (AvgIpc) is 3.30. The van der Waals surface area contributed by atoms with Crippen molar-refractivity contribution in [2.75, 3.05) is 0 Å². The molecule has 4 bridgehead atoms. The zero-order valence-corrected chi connectivity index (χ0v) is 22.4. The summed E-state index contributed by atoms with van der Waals surface area (Å²) in [5, 5.41) is 0. The van der Waals surface area contributed by atoms with Gasteiger partial charge in [-0.25, -0.2) is 15.0 Å². The fourth-order valence-corrected chi connectivity index (χ4v) is 9.08. The lowest BCUT2D eigenvalue weighted by molar-refractivity contribution is -0.0400. The Morgan fingerprint density at radius 1 is 0.525 bits per heavy atom. The van der Waals surface area contributed by atoms with Gasteiger partial charge < -0.3 is 0 Å². The van der Waals surface area contributed by atoms with Crippen LogP contribution in [0.3, 0.4) is 0 Å². The summed E-state index contributed by atoms with van der Waals surface area (Å²) < 4.78 is 0. The Morgan fingerprint density at radius 2 is 1.10 bits per heavy atom. The molecule has 40 heavy (non-hydrogen) atoms. The third-order valence-electron chi connectivity index (χ3n) is 10.4. The van der Waals surface area contributed by atoms with E-state index in [9.17, 15) is 0 Å². The van der Waals surface area contributed by atoms with E-state index >= 15 is 0 Å². The highest BCUT2D eigenvalue weighted by Gasteiger charge is 2.61. The van der Waals surface area contributed by atoms with Crippen LogP contribution in [0.25, 0.3) is 45.4 Å². The summed E-state index contributed by atoms with van der Waals surface area (Å²) in [7, 11) is 0. The van der Waals surface area contributed by atoms with E-state index < -0.39 is 0 Å². The Labute approximate surface area is 234 Å². The number of hydrogen-bond acceptors (Lipinski definition) is 4. The second-order valence-electron chi connectivity index (χ2n) is 12.4. The van der Waals surface area contributed by atoms with Crippen molar-refractivity contribution in [2.24, 2.45) is 23.7 Å². The molecule has 5 aliphatic rings. The fraction of sp³-hybridized carbons (Fsp3) is 0.278. The van der Waals surface area contributed by atoms with Gasteiger partial charge in [0.2, 0.25) is 0 Å². The van der Waals surface area contributed by atoms with Gasteiger partial charge in [0.15, 0.2) is 17.5 Å². The average molecular weight is 519 g/mol. The Balaban J connectivity index is 1.23. The zero-order valence-electron chi connectivity index (χ0n) is 22.4. The number of nitrogens with zero attached hydrogens (tertiary/aromatic N) is 4. The summed E-state index contributed by atoms with van der Waals surface area (Å²) in [5.41, 5.74) is 8.55. The number of hydrogen-bond donors (Lipinski definition) is 0. The topological polar surface area (TPSA) is 51.6 Å². The molecule has 0 atom stereocenters. The standard InChI is InChI=1S/C36H30N4/c1-3-8-24(9-4-1)33-38-34(25-10-5-2-6-11-25)40-35(39-33)26-13-14-30-29(21-26)32-31(12-7-15-37-32)36(30)27-17-22-16-23(19-27)20-28(36)18-22/h1-15,21-23,27-28H,16-20H2. The molecule has 0 N–H and O–H groups in total. The second-order valence-corrected chi connectivity index (χ2v) is 12.4.